The highest BCUT2D eigenvalue weighted by atomic mass is 32.2. The number of halogens is 3. The average molecular weight is 439 g/mol. The Kier molecular flexibility index (Phi) is 7.60. The second kappa shape index (κ2) is 9.75. The molecule has 2 unspecified atom stereocenters. The number of piperidine rings is 1. The zero-order valence-corrected chi connectivity index (χ0v) is 17.1. The molecular formula is C17H25F3N4O2S2. The third kappa shape index (κ3) is 6.31. The van der Waals surface area contributed by atoms with E-state index in [-0.39, 0.29) is 25.5 Å². The molecule has 2 N–H and O–H groups in total. The Morgan fingerprint density at radius 2 is 2.04 bits per heavy atom. The summed E-state index contributed by atoms with van der Waals surface area (Å²) >= 11 is 1.34. The maximum atomic E-state index is 13.4. The van der Waals surface area contributed by atoms with Crippen LogP contribution < -0.4 is 10.5 Å². The van der Waals surface area contributed by atoms with Crippen LogP contribution in [0.4, 0.5) is 13.2 Å². The van der Waals surface area contributed by atoms with Crippen LogP contribution in [0.3, 0.4) is 0 Å². The molecule has 0 bridgehead atoms. The van der Waals surface area contributed by atoms with E-state index in [0.29, 0.717) is 43.6 Å². The first-order valence-corrected chi connectivity index (χ1v) is 11.4. The summed E-state index contributed by atoms with van der Waals surface area (Å²) < 4.78 is 61.2. The minimum absolute atomic E-state index is 0.0365. The number of rotatable bonds is 6. The molecule has 2 atom stereocenters. The van der Waals surface area contributed by atoms with E-state index in [4.69, 9.17) is 10.5 Å². The second-order valence-corrected chi connectivity index (χ2v) is 9.96. The molecule has 1 aromatic rings. The molecule has 0 aliphatic carbocycles. The van der Waals surface area contributed by atoms with E-state index in [0.717, 1.165) is 5.56 Å². The lowest BCUT2D eigenvalue weighted by molar-refractivity contribution is -0.187. The SMILES string of the molecule is NCc1ccnc(OCC2CC(C(F)(F)F)CN(SN3CCS(=O)CC3)C2)c1. The monoisotopic (exact) mass is 438 g/mol. The van der Waals surface area contributed by atoms with Gasteiger partial charge in [0.25, 0.3) is 0 Å². The fourth-order valence-corrected chi connectivity index (χ4v) is 5.79. The number of aromatic nitrogens is 1. The van der Waals surface area contributed by atoms with E-state index in [1.807, 2.05) is 4.31 Å². The summed E-state index contributed by atoms with van der Waals surface area (Å²) in [5.74, 6) is -0.118. The highest BCUT2D eigenvalue weighted by Crippen LogP contribution is 2.38. The molecule has 3 heterocycles. The third-order valence-electron chi connectivity index (χ3n) is 4.84. The topological polar surface area (TPSA) is 71.7 Å². The molecule has 2 fully saturated rings. The van der Waals surface area contributed by atoms with Crippen molar-refractivity contribution in [2.75, 3.05) is 44.3 Å². The van der Waals surface area contributed by atoms with Crippen LogP contribution in [0.2, 0.25) is 0 Å². The molecule has 1 aromatic heterocycles. The van der Waals surface area contributed by atoms with E-state index >= 15 is 0 Å². The smallest absolute Gasteiger partial charge is 0.393 e. The Hall–Kier alpha value is -0.880. The molecular weight excluding hydrogens is 413 g/mol. The zero-order chi connectivity index (χ0) is 20.1. The largest absolute Gasteiger partial charge is 0.477 e. The number of pyridine rings is 1. The number of nitrogens with zero attached hydrogens (tertiary/aromatic N) is 3. The number of alkyl halides is 3. The van der Waals surface area contributed by atoms with Crippen molar-refractivity contribution >= 4 is 22.9 Å². The summed E-state index contributed by atoms with van der Waals surface area (Å²) in [5, 5.41) is 0. The van der Waals surface area contributed by atoms with Crippen molar-refractivity contribution in [3.05, 3.63) is 23.9 Å². The maximum Gasteiger partial charge on any atom is 0.393 e. The van der Waals surface area contributed by atoms with E-state index in [9.17, 15) is 17.4 Å². The highest BCUT2D eigenvalue weighted by Gasteiger charge is 2.45. The summed E-state index contributed by atoms with van der Waals surface area (Å²) in [5.41, 5.74) is 6.46. The predicted octanol–water partition coefficient (Wildman–Crippen LogP) is 2.05. The van der Waals surface area contributed by atoms with Crippen molar-refractivity contribution < 1.29 is 22.1 Å². The summed E-state index contributed by atoms with van der Waals surface area (Å²) in [6, 6.07) is 3.49. The Bertz CT molecular complexity index is 670. The van der Waals surface area contributed by atoms with Gasteiger partial charge < -0.3 is 10.5 Å². The second-order valence-electron chi connectivity index (χ2n) is 7.06. The number of nitrogens with two attached hydrogens (primary N) is 1. The van der Waals surface area contributed by atoms with Gasteiger partial charge in [0, 0.05) is 85.3 Å². The molecule has 28 heavy (non-hydrogen) atoms. The standard InChI is InChI=1S/C17H25F3N4O2S2/c18-17(19,20)15-7-14(12-26-16-8-13(9-21)1-2-22-16)10-24(11-15)27-23-3-5-28(25)6-4-23/h1-2,8,14-15H,3-7,9-12,21H2. The van der Waals surface area contributed by atoms with Crippen LogP contribution in [-0.4, -0.2) is 68.3 Å². The third-order valence-corrected chi connectivity index (χ3v) is 7.24. The minimum Gasteiger partial charge on any atom is -0.477 e. The molecule has 2 aliphatic heterocycles. The summed E-state index contributed by atoms with van der Waals surface area (Å²) in [4.78, 5) is 4.10. The summed E-state index contributed by atoms with van der Waals surface area (Å²) in [6.07, 6.45) is -2.61. The van der Waals surface area contributed by atoms with Gasteiger partial charge in [0.05, 0.1) is 12.5 Å². The lowest BCUT2D eigenvalue weighted by Crippen LogP contribution is -2.46. The maximum absolute atomic E-state index is 13.4. The van der Waals surface area contributed by atoms with Gasteiger partial charge in [-0.1, -0.05) is 0 Å². The number of ether oxygens (including phenoxy) is 1. The van der Waals surface area contributed by atoms with Gasteiger partial charge in [-0.15, -0.1) is 0 Å². The molecule has 0 spiro atoms. The molecule has 11 heteroatoms. The van der Waals surface area contributed by atoms with Crippen molar-refractivity contribution in [3.63, 3.8) is 0 Å². The lowest BCUT2D eigenvalue weighted by atomic mass is 9.90. The Morgan fingerprint density at radius 1 is 1.29 bits per heavy atom. The van der Waals surface area contributed by atoms with Crippen molar-refractivity contribution in [2.24, 2.45) is 17.6 Å². The molecule has 158 valence electrons. The normalized spacial score (nSPS) is 25.7. The van der Waals surface area contributed by atoms with Gasteiger partial charge >= 0.3 is 6.18 Å². The molecule has 0 radical (unpaired) electrons. The van der Waals surface area contributed by atoms with E-state index in [2.05, 4.69) is 4.98 Å². The lowest BCUT2D eigenvalue weighted by Gasteiger charge is -2.39. The van der Waals surface area contributed by atoms with Crippen LogP contribution in [-0.2, 0) is 17.3 Å². The van der Waals surface area contributed by atoms with E-state index in [1.54, 1.807) is 22.6 Å². The fraction of sp³-hybridized carbons (Fsp3) is 0.706. The van der Waals surface area contributed by atoms with Gasteiger partial charge in [-0.25, -0.2) is 13.6 Å². The summed E-state index contributed by atoms with van der Waals surface area (Å²) in [7, 11) is -0.812. The number of hydrogen-bond acceptors (Lipinski definition) is 7. The Balaban J connectivity index is 1.60. The fourth-order valence-electron chi connectivity index (χ4n) is 3.31. The molecule has 0 aromatic carbocycles. The van der Waals surface area contributed by atoms with E-state index < -0.39 is 22.9 Å². The first kappa shape index (κ1) is 21.8. The van der Waals surface area contributed by atoms with Gasteiger partial charge in [0.1, 0.15) is 0 Å². The molecule has 2 saturated heterocycles. The quantitative estimate of drug-likeness (QED) is 0.682. The molecule has 0 saturated carbocycles. The van der Waals surface area contributed by atoms with Gasteiger partial charge in [-0.3, -0.25) is 4.21 Å². The van der Waals surface area contributed by atoms with Gasteiger partial charge in [0.15, 0.2) is 0 Å². The minimum atomic E-state index is -4.24. The number of hydrogen-bond donors (Lipinski definition) is 1. The van der Waals surface area contributed by atoms with Crippen LogP contribution in [0, 0.1) is 11.8 Å². The van der Waals surface area contributed by atoms with Crippen LogP contribution in [0.5, 0.6) is 5.88 Å². The van der Waals surface area contributed by atoms with Gasteiger partial charge in [-0.2, -0.15) is 13.2 Å². The molecule has 3 rings (SSSR count). The molecule has 2 aliphatic rings. The van der Waals surface area contributed by atoms with Crippen LogP contribution >= 0.6 is 12.1 Å². The highest BCUT2D eigenvalue weighted by molar-refractivity contribution is 7.94. The predicted molar refractivity (Wildman–Crippen MR) is 104 cm³/mol. The Labute approximate surface area is 169 Å². The average Bonchev–Trinajstić information content (AvgIpc) is 2.67. The first-order chi connectivity index (χ1) is 13.3. The van der Waals surface area contributed by atoms with Crippen molar-refractivity contribution in [3.8, 4) is 5.88 Å². The van der Waals surface area contributed by atoms with Crippen molar-refractivity contribution in [2.45, 2.75) is 19.1 Å². The van der Waals surface area contributed by atoms with E-state index in [1.165, 1.54) is 12.1 Å². The van der Waals surface area contributed by atoms with Crippen LogP contribution in [0.1, 0.15) is 12.0 Å². The Morgan fingerprint density at radius 3 is 2.71 bits per heavy atom. The molecule has 0 amide bonds. The van der Waals surface area contributed by atoms with Crippen LogP contribution in [0.15, 0.2) is 18.3 Å². The van der Waals surface area contributed by atoms with Crippen LogP contribution in [0.25, 0.3) is 0 Å². The summed E-state index contributed by atoms with van der Waals surface area (Å²) in [6.45, 7) is 2.25. The van der Waals surface area contributed by atoms with Crippen molar-refractivity contribution in [1.29, 1.82) is 0 Å². The van der Waals surface area contributed by atoms with Gasteiger partial charge in [0.2, 0.25) is 5.88 Å². The zero-order valence-electron chi connectivity index (χ0n) is 15.4. The first-order valence-electron chi connectivity index (χ1n) is 9.21. The van der Waals surface area contributed by atoms with Gasteiger partial charge in [-0.05, 0) is 18.1 Å². The molecule has 6 nitrogen and oxygen atoms in total. The van der Waals surface area contributed by atoms with Crippen molar-refractivity contribution in [1.82, 2.24) is 13.6 Å².